The number of primary amides is 1. The molecule has 182 valence electrons. The van der Waals surface area contributed by atoms with Crippen LogP contribution in [0, 0.1) is 0 Å². The molecule has 4 unspecified atom stereocenters. The maximum Gasteiger partial charge on any atom is 0.325 e. The number of rotatable bonds is 13. The summed E-state index contributed by atoms with van der Waals surface area (Å²) >= 11 is 0. The number of aliphatic hydroxyl groups excluding tert-OH is 1. The molecule has 1 aromatic rings. The van der Waals surface area contributed by atoms with Crippen LogP contribution in [-0.4, -0.2) is 75.7 Å². The summed E-state index contributed by atoms with van der Waals surface area (Å²) in [5.41, 5.74) is 11.2. The third-order valence-electron chi connectivity index (χ3n) is 4.58. The quantitative estimate of drug-likeness (QED) is 0.148. The van der Waals surface area contributed by atoms with Crippen molar-refractivity contribution in [3.8, 4) is 5.75 Å². The molecule has 13 nitrogen and oxygen atoms in total. The summed E-state index contributed by atoms with van der Waals surface area (Å²) in [5, 5.41) is 34.5. The zero-order valence-corrected chi connectivity index (χ0v) is 18.0. The molecule has 1 aromatic carbocycles. The summed E-state index contributed by atoms with van der Waals surface area (Å²) in [6, 6.07) is 0.646. The van der Waals surface area contributed by atoms with Gasteiger partial charge in [0.25, 0.3) is 0 Å². The Balaban J connectivity index is 3.08. The first kappa shape index (κ1) is 27.3. The summed E-state index contributed by atoms with van der Waals surface area (Å²) in [4.78, 5) is 59.8. The lowest BCUT2D eigenvalue weighted by Gasteiger charge is -2.24. The zero-order chi connectivity index (χ0) is 25.1. The van der Waals surface area contributed by atoms with Crippen molar-refractivity contribution in [1.29, 1.82) is 0 Å². The SMILES string of the molecule is CC(NC(=O)C(CCC(N)=O)NC(=O)C(Cc1ccc(O)cc1)NC(=O)C(N)CO)C(=O)O. The minimum Gasteiger partial charge on any atom is -0.508 e. The Morgan fingerprint density at radius 1 is 0.939 bits per heavy atom. The van der Waals surface area contributed by atoms with Gasteiger partial charge in [-0.25, -0.2) is 0 Å². The van der Waals surface area contributed by atoms with E-state index in [0.29, 0.717) is 5.56 Å². The molecule has 4 atom stereocenters. The molecule has 0 heterocycles. The number of aliphatic hydroxyl groups is 1. The van der Waals surface area contributed by atoms with Gasteiger partial charge < -0.3 is 42.7 Å². The molecule has 0 saturated carbocycles. The summed E-state index contributed by atoms with van der Waals surface area (Å²) < 4.78 is 0. The lowest BCUT2D eigenvalue weighted by Crippen LogP contribution is -2.57. The van der Waals surface area contributed by atoms with E-state index in [0.717, 1.165) is 0 Å². The third-order valence-corrected chi connectivity index (χ3v) is 4.58. The van der Waals surface area contributed by atoms with Crippen molar-refractivity contribution in [2.24, 2.45) is 11.5 Å². The van der Waals surface area contributed by atoms with E-state index in [1.54, 1.807) is 0 Å². The lowest BCUT2D eigenvalue weighted by molar-refractivity contribution is -0.142. The Labute approximate surface area is 189 Å². The molecule has 0 aromatic heterocycles. The number of phenolic OH excluding ortho intramolecular Hbond substituents is 1. The Morgan fingerprint density at radius 2 is 1.48 bits per heavy atom. The normalized spacial score (nSPS) is 14.3. The molecule has 0 aliphatic carbocycles. The van der Waals surface area contributed by atoms with Gasteiger partial charge in [0.05, 0.1) is 6.61 Å². The molecule has 1 rings (SSSR count). The molecule has 0 spiro atoms. The third kappa shape index (κ3) is 9.53. The summed E-state index contributed by atoms with van der Waals surface area (Å²) in [5.74, 6) is -4.57. The fourth-order valence-corrected chi connectivity index (χ4v) is 2.64. The Hall–Kier alpha value is -3.71. The van der Waals surface area contributed by atoms with Crippen LogP contribution in [0.15, 0.2) is 24.3 Å². The van der Waals surface area contributed by atoms with Gasteiger partial charge in [0, 0.05) is 12.8 Å². The van der Waals surface area contributed by atoms with E-state index >= 15 is 0 Å². The summed E-state index contributed by atoms with van der Waals surface area (Å²) in [7, 11) is 0. The number of amides is 4. The number of aliphatic carboxylic acids is 1. The van der Waals surface area contributed by atoms with E-state index in [-0.39, 0.29) is 25.0 Å². The van der Waals surface area contributed by atoms with E-state index < -0.39 is 60.4 Å². The first-order valence-electron chi connectivity index (χ1n) is 10.0. The van der Waals surface area contributed by atoms with Crippen LogP contribution in [0.5, 0.6) is 5.75 Å². The molecule has 33 heavy (non-hydrogen) atoms. The average Bonchev–Trinajstić information content (AvgIpc) is 2.76. The van der Waals surface area contributed by atoms with E-state index in [1.165, 1.54) is 31.2 Å². The predicted molar refractivity (Wildman–Crippen MR) is 114 cm³/mol. The maximum absolute atomic E-state index is 12.9. The fourth-order valence-electron chi connectivity index (χ4n) is 2.64. The number of benzene rings is 1. The molecule has 0 aliphatic heterocycles. The molecular weight excluding hydrogens is 438 g/mol. The molecule has 10 N–H and O–H groups in total. The van der Waals surface area contributed by atoms with Crippen LogP contribution in [0.4, 0.5) is 0 Å². The molecule has 0 bridgehead atoms. The van der Waals surface area contributed by atoms with Crippen LogP contribution in [0.2, 0.25) is 0 Å². The van der Waals surface area contributed by atoms with Crippen molar-refractivity contribution in [3.63, 3.8) is 0 Å². The van der Waals surface area contributed by atoms with Crippen LogP contribution in [0.1, 0.15) is 25.3 Å². The van der Waals surface area contributed by atoms with E-state index in [2.05, 4.69) is 16.0 Å². The second-order valence-electron chi connectivity index (χ2n) is 7.36. The fraction of sp³-hybridized carbons (Fsp3) is 0.450. The van der Waals surface area contributed by atoms with Crippen LogP contribution in [0.3, 0.4) is 0 Å². The number of carbonyl (C=O) groups excluding carboxylic acids is 4. The topological polar surface area (TPSA) is 234 Å². The second-order valence-corrected chi connectivity index (χ2v) is 7.36. The molecule has 13 heteroatoms. The standard InChI is InChI=1S/C20H29N5O8/c1-10(20(32)33)23-18(30)14(6-7-16(22)28)24-19(31)15(25-17(29)13(21)9-26)8-11-2-4-12(27)5-3-11/h2-5,10,13-15,26-27H,6-9,21H2,1H3,(H2,22,28)(H,23,30)(H,24,31)(H,25,29)(H,32,33). The van der Waals surface area contributed by atoms with Gasteiger partial charge in [0.1, 0.15) is 29.9 Å². The number of carboxylic acid groups (broad SMARTS) is 1. The van der Waals surface area contributed by atoms with Gasteiger partial charge in [-0.2, -0.15) is 0 Å². The number of hydrogen-bond acceptors (Lipinski definition) is 8. The summed E-state index contributed by atoms with van der Waals surface area (Å²) in [6.45, 7) is 0.549. The zero-order valence-electron chi connectivity index (χ0n) is 18.0. The highest BCUT2D eigenvalue weighted by molar-refractivity contribution is 5.94. The van der Waals surface area contributed by atoms with E-state index in [1.807, 2.05) is 0 Å². The monoisotopic (exact) mass is 467 g/mol. The molecule has 0 saturated heterocycles. The highest BCUT2D eigenvalue weighted by Gasteiger charge is 2.29. The second kappa shape index (κ2) is 13.0. The molecule has 0 radical (unpaired) electrons. The van der Waals surface area contributed by atoms with Gasteiger partial charge in [-0.1, -0.05) is 12.1 Å². The number of carbonyl (C=O) groups is 5. The molecule has 0 fully saturated rings. The lowest BCUT2D eigenvalue weighted by atomic mass is 10.0. The highest BCUT2D eigenvalue weighted by Crippen LogP contribution is 2.12. The number of nitrogens with one attached hydrogen (secondary N) is 3. The van der Waals surface area contributed by atoms with Gasteiger partial charge in [0.2, 0.25) is 23.6 Å². The number of phenols is 1. The van der Waals surface area contributed by atoms with Crippen molar-refractivity contribution in [2.45, 2.75) is 50.4 Å². The number of hydrogen-bond donors (Lipinski definition) is 8. The molecule has 0 aliphatic rings. The van der Waals surface area contributed by atoms with Crippen LogP contribution in [0.25, 0.3) is 0 Å². The first-order valence-corrected chi connectivity index (χ1v) is 10.0. The maximum atomic E-state index is 12.9. The van der Waals surface area contributed by atoms with Gasteiger partial charge in [-0.15, -0.1) is 0 Å². The smallest absolute Gasteiger partial charge is 0.325 e. The minimum atomic E-state index is -1.32. The van der Waals surface area contributed by atoms with E-state index in [9.17, 15) is 29.1 Å². The van der Waals surface area contributed by atoms with Gasteiger partial charge in [0.15, 0.2) is 0 Å². The van der Waals surface area contributed by atoms with Crippen molar-refractivity contribution in [3.05, 3.63) is 29.8 Å². The molecular formula is C20H29N5O8. The van der Waals surface area contributed by atoms with Crippen molar-refractivity contribution < 1.29 is 39.3 Å². The van der Waals surface area contributed by atoms with Crippen LogP contribution < -0.4 is 27.4 Å². The Kier molecular flexibility index (Phi) is 10.7. The van der Waals surface area contributed by atoms with Crippen LogP contribution in [-0.2, 0) is 30.4 Å². The Bertz CT molecular complexity index is 861. The van der Waals surface area contributed by atoms with Crippen LogP contribution >= 0.6 is 0 Å². The van der Waals surface area contributed by atoms with Crippen molar-refractivity contribution >= 4 is 29.6 Å². The number of carboxylic acids is 1. The van der Waals surface area contributed by atoms with E-state index in [4.69, 9.17) is 21.7 Å². The Morgan fingerprint density at radius 3 is 2.00 bits per heavy atom. The van der Waals surface area contributed by atoms with Gasteiger partial charge in [-0.3, -0.25) is 24.0 Å². The average molecular weight is 467 g/mol. The van der Waals surface area contributed by atoms with Crippen molar-refractivity contribution in [1.82, 2.24) is 16.0 Å². The number of aromatic hydroxyl groups is 1. The summed E-state index contributed by atoms with van der Waals surface area (Å²) in [6.07, 6.45) is -0.550. The van der Waals surface area contributed by atoms with Gasteiger partial charge >= 0.3 is 5.97 Å². The number of nitrogens with two attached hydrogens (primary N) is 2. The largest absolute Gasteiger partial charge is 0.508 e. The first-order chi connectivity index (χ1) is 15.4. The minimum absolute atomic E-state index is 0.0122. The predicted octanol–water partition coefficient (Wildman–Crippen LogP) is -2.92. The van der Waals surface area contributed by atoms with Gasteiger partial charge in [-0.05, 0) is 31.0 Å². The van der Waals surface area contributed by atoms with Crippen molar-refractivity contribution in [2.75, 3.05) is 6.61 Å². The molecule has 4 amide bonds. The highest BCUT2D eigenvalue weighted by atomic mass is 16.4.